The van der Waals surface area contributed by atoms with Gasteiger partial charge in [0.2, 0.25) is 0 Å². The summed E-state index contributed by atoms with van der Waals surface area (Å²) in [5.74, 6) is -1.03. The molecule has 5 heteroatoms. The highest BCUT2D eigenvalue weighted by Crippen LogP contribution is 2.24. The highest BCUT2D eigenvalue weighted by atomic mass is 16.2. The van der Waals surface area contributed by atoms with Gasteiger partial charge in [-0.3, -0.25) is 9.59 Å². The highest BCUT2D eigenvalue weighted by Gasteiger charge is 2.27. The van der Waals surface area contributed by atoms with Gasteiger partial charge in [-0.15, -0.1) is 0 Å². The fourth-order valence-electron chi connectivity index (χ4n) is 3.43. The van der Waals surface area contributed by atoms with Gasteiger partial charge in [0.25, 0.3) is 0 Å². The number of hydrogen-bond donors (Lipinski definition) is 1. The highest BCUT2D eigenvalue weighted by molar-refractivity contribution is 6.39. The van der Waals surface area contributed by atoms with E-state index in [1.807, 2.05) is 32.0 Å². The van der Waals surface area contributed by atoms with Crippen molar-refractivity contribution in [2.75, 3.05) is 36.4 Å². The van der Waals surface area contributed by atoms with Crippen LogP contribution in [0.4, 0.5) is 11.4 Å². The molecule has 1 saturated heterocycles. The van der Waals surface area contributed by atoms with Crippen molar-refractivity contribution in [3.8, 4) is 0 Å². The Labute approximate surface area is 161 Å². The number of benzene rings is 2. The first-order valence-electron chi connectivity index (χ1n) is 9.36. The lowest BCUT2D eigenvalue weighted by Gasteiger charge is -2.36. The van der Waals surface area contributed by atoms with Gasteiger partial charge in [0, 0.05) is 37.6 Å². The molecule has 0 radical (unpaired) electrons. The lowest BCUT2D eigenvalue weighted by atomic mass is 10.1. The number of anilines is 2. The fraction of sp³-hybridized carbons (Fsp3) is 0.364. The van der Waals surface area contributed by atoms with E-state index in [0.29, 0.717) is 18.8 Å². The number of aryl methyl sites for hydroxylation is 2. The van der Waals surface area contributed by atoms with Crippen molar-refractivity contribution in [3.63, 3.8) is 0 Å². The van der Waals surface area contributed by atoms with Gasteiger partial charge in [0.1, 0.15) is 0 Å². The number of rotatable bonds is 2. The molecule has 27 heavy (non-hydrogen) atoms. The molecule has 1 aliphatic rings. The minimum absolute atomic E-state index is 0.462. The second-order valence-corrected chi connectivity index (χ2v) is 7.20. The molecule has 0 bridgehead atoms. The van der Waals surface area contributed by atoms with Crippen LogP contribution in [0.1, 0.15) is 22.3 Å². The third-order valence-electron chi connectivity index (χ3n) is 5.53. The molecule has 1 N–H and O–H groups in total. The van der Waals surface area contributed by atoms with Crippen LogP contribution in [-0.2, 0) is 9.59 Å². The Kier molecular flexibility index (Phi) is 5.49. The van der Waals surface area contributed by atoms with Crippen LogP contribution in [0, 0.1) is 27.7 Å². The van der Waals surface area contributed by atoms with E-state index >= 15 is 0 Å². The van der Waals surface area contributed by atoms with Crippen molar-refractivity contribution in [1.82, 2.24) is 4.90 Å². The standard InChI is InChI=1S/C22H27N3O2/c1-15-7-5-9-19(17(15)3)23-21(26)22(27)25-13-11-24(12-14-25)20-10-6-8-16(2)18(20)4/h5-10H,11-14H2,1-4H3,(H,23,26). The molecule has 5 nitrogen and oxygen atoms in total. The topological polar surface area (TPSA) is 52.7 Å². The van der Waals surface area contributed by atoms with Crippen LogP contribution in [0.25, 0.3) is 0 Å². The van der Waals surface area contributed by atoms with Crippen LogP contribution in [0.2, 0.25) is 0 Å². The van der Waals surface area contributed by atoms with Crippen molar-refractivity contribution in [2.45, 2.75) is 27.7 Å². The maximum atomic E-state index is 12.6. The van der Waals surface area contributed by atoms with Crippen molar-refractivity contribution in [3.05, 3.63) is 58.7 Å². The van der Waals surface area contributed by atoms with Gasteiger partial charge >= 0.3 is 11.8 Å². The summed E-state index contributed by atoms with van der Waals surface area (Å²) in [6.07, 6.45) is 0. The number of carbonyl (C=O) groups excluding carboxylic acids is 2. The van der Waals surface area contributed by atoms with E-state index in [1.54, 1.807) is 4.90 Å². The molecule has 2 aromatic carbocycles. The molecule has 0 aromatic heterocycles. The molecule has 1 fully saturated rings. The maximum Gasteiger partial charge on any atom is 0.313 e. The first kappa shape index (κ1) is 19.0. The molecule has 3 rings (SSSR count). The summed E-state index contributed by atoms with van der Waals surface area (Å²) in [5, 5.41) is 2.76. The first-order chi connectivity index (χ1) is 12.9. The van der Waals surface area contributed by atoms with Crippen LogP contribution in [0.3, 0.4) is 0 Å². The number of nitrogens with zero attached hydrogens (tertiary/aromatic N) is 2. The molecular formula is C22H27N3O2. The summed E-state index contributed by atoms with van der Waals surface area (Å²) in [7, 11) is 0. The van der Waals surface area contributed by atoms with Crippen molar-refractivity contribution < 1.29 is 9.59 Å². The van der Waals surface area contributed by atoms with Crippen molar-refractivity contribution in [1.29, 1.82) is 0 Å². The second kappa shape index (κ2) is 7.82. The summed E-state index contributed by atoms with van der Waals surface area (Å²) in [5.41, 5.74) is 6.51. The van der Waals surface area contributed by atoms with E-state index in [4.69, 9.17) is 0 Å². The van der Waals surface area contributed by atoms with Gasteiger partial charge in [0.05, 0.1) is 0 Å². The molecule has 2 amide bonds. The zero-order valence-electron chi connectivity index (χ0n) is 16.5. The van der Waals surface area contributed by atoms with E-state index in [0.717, 1.165) is 24.2 Å². The minimum Gasteiger partial charge on any atom is -0.368 e. The zero-order chi connectivity index (χ0) is 19.6. The summed E-state index contributed by atoms with van der Waals surface area (Å²) in [6.45, 7) is 10.7. The van der Waals surface area contributed by atoms with Crippen molar-refractivity contribution in [2.24, 2.45) is 0 Å². The second-order valence-electron chi connectivity index (χ2n) is 7.20. The fourth-order valence-corrected chi connectivity index (χ4v) is 3.43. The number of hydrogen-bond acceptors (Lipinski definition) is 3. The molecule has 0 saturated carbocycles. The van der Waals surface area contributed by atoms with Gasteiger partial charge in [-0.05, 0) is 62.1 Å². The quantitative estimate of drug-likeness (QED) is 0.832. The molecule has 142 valence electrons. The molecular weight excluding hydrogens is 338 g/mol. The average Bonchev–Trinajstić information content (AvgIpc) is 2.67. The lowest BCUT2D eigenvalue weighted by Crippen LogP contribution is -2.51. The Morgan fingerprint density at radius 2 is 1.41 bits per heavy atom. The van der Waals surface area contributed by atoms with Gasteiger partial charge in [-0.2, -0.15) is 0 Å². The average molecular weight is 365 g/mol. The van der Waals surface area contributed by atoms with E-state index in [1.165, 1.54) is 16.8 Å². The lowest BCUT2D eigenvalue weighted by molar-refractivity contribution is -0.143. The van der Waals surface area contributed by atoms with E-state index in [9.17, 15) is 9.59 Å². The molecule has 1 heterocycles. The van der Waals surface area contributed by atoms with Gasteiger partial charge < -0.3 is 15.1 Å². The molecule has 2 aromatic rings. The first-order valence-corrected chi connectivity index (χ1v) is 9.36. The van der Waals surface area contributed by atoms with Crippen LogP contribution < -0.4 is 10.2 Å². The molecule has 1 aliphatic heterocycles. The summed E-state index contributed by atoms with van der Waals surface area (Å²) < 4.78 is 0. The zero-order valence-corrected chi connectivity index (χ0v) is 16.5. The smallest absolute Gasteiger partial charge is 0.313 e. The number of piperazine rings is 1. The third kappa shape index (κ3) is 3.97. The Morgan fingerprint density at radius 3 is 2.07 bits per heavy atom. The predicted molar refractivity (Wildman–Crippen MR) is 109 cm³/mol. The Bertz CT molecular complexity index is 868. The predicted octanol–water partition coefficient (Wildman–Crippen LogP) is 3.21. The van der Waals surface area contributed by atoms with Crippen LogP contribution in [-0.4, -0.2) is 42.9 Å². The molecule has 0 unspecified atom stereocenters. The normalized spacial score (nSPS) is 14.2. The van der Waals surface area contributed by atoms with Gasteiger partial charge in [0.15, 0.2) is 0 Å². The number of nitrogens with one attached hydrogen (secondary N) is 1. The minimum atomic E-state index is -0.566. The largest absolute Gasteiger partial charge is 0.368 e. The van der Waals surface area contributed by atoms with E-state index < -0.39 is 11.8 Å². The summed E-state index contributed by atoms with van der Waals surface area (Å²) in [6, 6.07) is 12.0. The molecule has 0 spiro atoms. The Hall–Kier alpha value is -2.82. The van der Waals surface area contributed by atoms with Crippen LogP contribution in [0.5, 0.6) is 0 Å². The molecule has 0 atom stereocenters. The van der Waals surface area contributed by atoms with Gasteiger partial charge in [-0.1, -0.05) is 24.3 Å². The number of amides is 2. The summed E-state index contributed by atoms with van der Waals surface area (Å²) in [4.78, 5) is 28.9. The molecule has 0 aliphatic carbocycles. The van der Waals surface area contributed by atoms with E-state index in [2.05, 4.69) is 42.3 Å². The van der Waals surface area contributed by atoms with Gasteiger partial charge in [-0.25, -0.2) is 0 Å². The SMILES string of the molecule is Cc1cccc(NC(=O)C(=O)N2CCN(c3cccc(C)c3C)CC2)c1C. The third-order valence-corrected chi connectivity index (χ3v) is 5.53. The summed E-state index contributed by atoms with van der Waals surface area (Å²) >= 11 is 0. The Balaban J connectivity index is 1.62. The van der Waals surface area contributed by atoms with Crippen LogP contribution in [0.15, 0.2) is 36.4 Å². The maximum absolute atomic E-state index is 12.6. The van der Waals surface area contributed by atoms with Crippen molar-refractivity contribution >= 4 is 23.2 Å². The number of carbonyl (C=O) groups is 2. The Morgan fingerprint density at radius 1 is 0.815 bits per heavy atom. The van der Waals surface area contributed by atoms with Crippen LogP contribution >= 0.6 is 0 Å². The monoisotopic (exact) mass is 365 g/mol. The van der Waals surface area contributed by atoms with E-state index in [-0.39, 0.29) is 0 Å².